The first-order valence-corrected chi connectivity index (χ1v) is 9.67. The Morgan fingerprint density at radius 2 is 1.85 bits per heavy atom. The number of aryl methyl sites for hydroxylation is 1. The lowest BCUT2D eigenvalue weighted by Crippen LogP contribution is -2.43. The van der Waals surface area contributed by atoms with E-state index in [9.17, 15) is 13.2 Å². The average molecular weight is 393 g/mol. The lowest BCUT2D eigenvalue weighted by molar-refractivity contribution is -0.119. The number of carbonyl (C=O) groups is 1. The van der Waals surface area contributed by atoms with Crippen LogP contribution in [0.1, 0.15) is 12.5 Å². The van der Waals surface area contributed by atoms with Gasteiger partial charge in [-0.25, -0.2) is 14.3 Å². The molecule has 0 aliphatic rings. The van der Waals surface area contributed by atoms with Crippen LogP contribution in [0.2, 0.25) is 0 Å². The minimum absolute atomic E-state index is 0.0382. The zero-order chi connectivity index (χ0) is 20.0. The third kappa shape index (κ3) is 4.69. The number of rotatable bonds is 8. The maximum absolute atomic E-state index is 13.3. The minimum Gasteiger partial charge on any atom is -0.495 e. The van der Waals surface area contributed by atoms with Gasteiger partial charge < -0.3 is 9.47 Å². The zero-order valence-corrected chi connectivity index (χ0v) is 16.2. The summed E-state index contributed by atoms with van der Waals surface area (Å²) in [5.74, 6) is 5.28. The fourth-order valence-electron chi connectivity index (χ4n) is 2.47. The van der Waals surface area contributed by atoms with Gasteiger partial charge in [0.1, 0.15) is 22.9 Å². The highest BCUT2D eigenvalue weighted by Gasteiger charge is 2.30. The van der Waals surface area contributed by atoms with E-state index in [1.54, 1.807) is 43.3 Å². The van der Waals surface area contributed by atoms with Gasteiger partial charge in [0.25, 0.3) is 15.9 Å². The Labute approximate surface area is 158 Å². The molecule has 1 amide bonds. The van der Waals surface area contributed by atoms with Gasteiger partial charge in [0.2, 0.25) is 0 Å². The van der Waals surface area contributed by atoms with Gasteiger partial charge in [-0.2, -0.15) is 0 Å². The van der Waals surface area contributed by atoms with Crippen LogP contribution in [0.15, 0.2) is 47.4 Å². The summed E-state index contributed by atoms with van der Waals surface area (Å²) in [6.45, 7) is 3.62. The predicted octanol–water partition coefficient (Wildman–Crippen LogP) is 1.59. The van der Waals surface area contributed by atoms with Crippen LogP contribution in [-0.4, -0.2) is 34.6 Å². The molecule has 0 bridgehead atoms. The molecule has 27 heavy (non-hydrogen) atoms. The molecule has 0 aliphatic heterocycles. The molecule has 0 fully saturated rings. The van der Waals surface area contributed by atoms with Gasteiger partial charge >= 0.3 is 0 Å². The number of methoxy groups -OCH3 is 1. The maximum atomic E-state index is 13.3. The third-order valence-electron chi connectivity index (χ3n) is 3.77. The molecule has 0 unspecified atom stereocenters. The van der Waals surface area contributed by atoms with Crippen molar-refractivity contribution in [3.63, 3.8) is 0 Å². The van der Waals surface area contributed by atoms with E-state index in [0.717, 1.165) is 9.87 Å². The van der Waals surface area contributed by atoms with Crippen LogP contribution in [0.4, 0.5) is 5.69 Å². The number of ether oxygens (including phenoxy) is 2. The van der Waals surface area contributed by atoms with Gasteiger partial charge in [-0.15, -0.1) is 0 Å². The number of hydrogen-bond donors (Lipinski definition) is 2. The summed E-state index contributed by atoms with van der Waals surface area (Å²) in [4.78, 5) is 11.8. The highest BCUT2D eigenvalue weighted by Crippen LogP contribution is 2.31. The second-order valence-corrected chi connectivity index (χ2v) is 7.49. The van der Waals surface area contributed by atoms with E-state index in [2.05, 4.69) is 0 Å². The molecular weight excluding hydrogens is 370 g/mol. The zero-order valence-electron chi connectivity index (χ0n) is 15.4. The third-order valence-corrected chi connectivity index (χ3v) is 5.57. The van der Waals surface area contributed by atoms with Gasteiger partial charge in [0, 0.05) is 0 Å². The van der Waals surface area contributed by atoms with Gasteiger partial charge in [-0.1, -0.05) is 6.07 Å². The van der Waals surface area contributed by atoms with Crippen molar-refractivity contribution in [2.45, 2.75) is 18.7 Å². The Kier molecular flexibility index (Phi) is 6.65. The Morgan fingerprint density at radius 1 is 1.19 bits per heavy atom. The van der Waals surface area contributed by atoms with E-state index < -0.39 is 22.5 Å². The lowest BCUT2D eigenvalue weighted by atomic mass is 10.2. The number of nitrogens with one attached hydrogen (secondary N) is 1. The van der Waals surface area contributed by atoms with Crippen molar-refractivity contribution < 1.29 is 22.7 Å². The summed E-state index contributed by atoms with van der Waals surface area (Å²) < 4.78 is 38.2. The molecule has 0 spiro atoms. The topological polar surface area (TPSA) is 111 Å². The van der Waals surface area contributed by atoms with Crippen LogP contribution in [0.3, 0.4) is 0 Å². The van der Waals surface area contributed by atoms with Gasteiger partial charge in [-0.05, 0) is 55.8 Å². The highest BCUT2D eigenvalue weighted by molar-refractivity contribution is 7.93. The number of hydrogen-bond acceptors (Lipinski definition) is 6. The number of amides is 1. The second kappa shape index (κ2) is 8.74. The molecule has 2 rings (SSSR count). The summed E-state index contributed by atoms with van der Waals surface area (Å²) in [6.07, 6.45) is 0. The van der Waals surface area contributed by atoms with Crippen molar-refractivity contribution in [2.24, 2.45) is 5.84 Å². The van der Waals surface area contributed by atoms with Crippen LogP contribution in [-0.2, 0) is 14.8 Å². The molecule has 0 saturated heterocycles. The molecule has 0 atom stereocenters. The molecule has 0 aliphatic carbocycles. The number of nitrogens with two attached hydrogens (primary N) is 1. The summed E-state index contributed by atoms with van der Waals surface area (Å²) >= 11 is 0. The molecule has 0 saturated carbocycles. The van der Waals surface area contributed by atoms with Crippen molar-refractivity contribution in [3.8, 4) is 11.5 Å². The Balaban J connectivity index is 2.55. The van der Waals surface area contributed by atoms with Gasteiger partial charge in [0.05, 0.1) is 19.4 Å². The lowest BCUT2D eigenvalue weighted by Gasteiger charge is -2.25. The molecule has 0 radical (unpaired) electrons. The fraction of sp³-hybridized carbons (Fsp3) is 0.278. The number of hydrazine groups is 1. The van der Waals surface area contributed by atoms with E-state index in [-0.39, 0.29) is 10.6 Å². The fourth-order valence-corrected chi connectivity index (χ4v) is 4.13. The predicted molar refractivity (Wildman–Crippen MR) is 102 cm³/mol. The van der Waals surface area contributed by atoms with Crippen LogP contribution in [0.5, 0.6) is 11.5 Å². The highest BCUT2D eigenvalue weighted by atomic mass is 32.2. The first-order valence-electron chi connectivity index (χ1n) is 8.23. The van der Waals surface area contributed by atoms with Crippen molar-refractivity contribution in [3.05, 3.63) is 48.0 Å². The number of anilines is 1. The van der Waals surface area contributed by atoms with Crippen LogP contribution in [0, 0.1) is 6.92 Å². The van der Waals surface area contributed by atoms with Crippen molar-refractivity contribution in [2.75, 3.05) is 24.6 Å². The largest absolute Gasteiger partial charge is 0.495 e. The second-order valence-electron chi connectivity index (χ2n) is 5.66. The first-order chi connectivity index (χ1) is 12.8. The summed E-state index contributed by atoms with van der Waals surface area (Å²) in [5.41, 5.74) is 3.00. The number of carbonyl (C=O) groups excluding carboxylic acids is 1. The normalized spacial score (nSPS) is 11.0. The molecule has 2 aromatic rings. The molecule has 8 nitrogen and oxygen atoms in total. The van der Waals surface area contributed by atoms with E-state index in [1.165, 1.54) is 13.2 Å². The van der Waals surface area contributed by atoms with E-state index in [1.807, 2.05) is 12.3 Å². The molecule has 0 aromatic heterocycles. The quantitative estimate of drug-likeness (QED) is 0.400. The van der Waals surface area contributed by atoms with Crippen molar-refractivity contribution in [1.29, 1.82) is 0 Å². The smallest absolute Gasteiger partial charge is 0.268 e. The number of benzene rings is 2. The Bertz CT molecular complexity index is 898. The maximum Gasteiger partial charge on any atom is 0.268 e. The molecule has 9 heteroatoms. The summed E-state index contributed by atoms with van der Waals surface area (Å²) in [5, 5.41) is 0. The Hall–Kier alpha value is -2.78. The molecule has 3 N–H and O–H groups in total. The van der Waals surface area contributed by atoms with Gasteiger partial charge in [-0.3, -0.25) is 14.5 Å². The molecule has 146 valence electrons. The Morgan fingerprint density at radius 3 is 2.41 bits per heavy atom. The molecular formula is C18H23N3O5S. The minimum atomic E-state index is -4.10. The van der Waals surface area contributed by atoms with Crippen molar-refractivity contribution in [1.82, 2.24) is 5.43 Å². The van der Waals surface area contributed by atoms with E-state index >= 15 is 0 Å². The molecule has 0 heterocycles. The van der Waals surface area contributed by atoms with Crippen LogP contribution >= 0.6 is 0 Å². The number of nitrogens with zero attached hydrogens (tertiary/aromatic N) is 1. The van der Waals surface area contributed by atoms with Crippen LogP contribution in [0.25, 0.3) is 0 Å². The van der Waals surface area contributed by atoms with Gasteiger partial charge in [0.15, 0.2) is 0 Å². The SMILES string of the molecule is CCOc1ccc(N(CC(=O)NN)S(=O)(=O)c2cc(C)ccc2OC)cc1. The summed E-state index contributed by atoms with van der Waals surface area (Å²) in [6, 6.07) is 11.2. The van der Waals surface area contributed by atoms with E-state index in [0.29, 0.717) is 18.0 Å². The monoisotopic (exact) mass is 393 g/mol. The van der Waals surface area contributed by atoms with E-state index in [4.69, 9.17) is 15.3 Å². The average Bonchev–Trinajstić information content (AvgIpc) is 2.66. The number of sulfonamides is 1. The standard InChI is InChI=1S/C18H23N3O5S/c1-4-26-15-8-6-14(7-9-15)21(12-18(22)20-19)27(23,24)17-11-13(2)5-10-16(17)25-3/h5-11H,4,12,19H2,1-3H3,(H,20,22). The first kappa shape index (κ1) is 20.5. The molecule has 2 aromatic carbocycles. The van der Waals surface area contributed by atoms with Crippen LogP contribution < -0.4 is 25.0 Å². The van der Waals surface area contributed by atoms with Crippen molar-refractivity contribution >= 4 is 21.6 Å². The summed E-state index contributed by atoms with van der Waals surface area (Å²) in [7, 11) is -2.71.